The van der Waals surface area contributed by atoms with Gasteiger partial charge in [0.2, 0.25) is 0 Å². The van der Waals surface area contributed by atoms with Gasteiger partial charge in [-0.1, -0.05) is 30.3 Å². The Morgan fingerprint density at radius 2 is 2.15 bits per heavy atom. The highest BCUT2D eigenvalue weighted by molar-refractivity contribution is 5.15. The molecule has 1 fully saturated rings. The molecule has 2 atom stereocenters. The lowest BCUT2D eigenvalue weighted by molar-refractivity contribution is 0.187. The van der Waals surface area contributed by atoms with Crippen molar-refractivity contribution in [2.45, 2.75) is 12.6 Å². The average molecular weight is 177 g/mol. The summed E-state index contributed by atoms with van der Waals surface area (Å²) in [5.41, 5.74) is 1.39. The Kier molecular flexibility index (Phi) is 2.62. The number of ether oxygens (including phenoxy) is 1. The predicted octanol–water partition coefficient (Wildman–Crippen LogP) is 1.52. The summed E-state index contributed by atoms with van der Waals surface area (Å²) in [4.78, 5) is 2.42. The monoisotopic (exact) mass is 177 g/mol. The van der Waals surface area contributed by atoms with E-state index in [-0.39, 0.29) is 0 Å². The molecule has 0 saturated carbocycles. The molecule has 1 aliphatic heterocycles. The van der Waals surface area contributed by atoms with Crippen LogP contribution in [0.3, 0.4) is 0 Å². The summed E-state index contributed by atoms with van der Waals surface area (Å²) in [6.45, 7) is 3.12. The Bertz CT molecular complexity index is 260. The molecule has 13 heavy (non-hydrogen) atoms. The van der Waals surface area contributed by atoms with Crippen LogP contribution in [0, 0.1) is 0 Å². The number of hydrogen-bond acceptors (Lipinski definition) is 2. The van der Waals surface area contributed by atoms with Crippen molar-refractivity contribution in [2.75, 3.05) is 20.3 Å². The molecule has 1 aromatic carbocycles. The van der Waals surface area contributed by atoms with Gasteiger partial charge in [-0.05, 0) is 5.56 Å². The lowest BCUT2D eigenvalue weighted by Crippen LogP contribution is -2.06. The summed E-state index contributed by atoms with van der Waals surface area (Å²) in [7, 11) is 1.76. The van der Waals surface area contributed by atoms with Gasteiger partial charge in [0, 0.05) is 26.2 Å². The van der Waals surface area contributed by atoms with E-state index in [0.717, 1.165) is 13.2 Å². The second-order valence-electron chi connectivity index (χ2n) is 3.52. The first kappa shape index (κ1) is 8.73. The van der Waals surface area contributed by atoms with Gasteiger partial charge in [-0.3, -0.25) is 4.90 Å². The smallest absolute Gasteiger partial charge is 0.0630 e. The highest BCUT2D eigenvalue weighted by Crippen LogP contribution is 2.20. The molecule has 70 valence electrons. The van der Waals surface area contributed by atoms with E-state index in [1.807, 2.05) is 0 Å². The van der Waals surface area contributed by atoms with E-state index >= 15 is 0 Å². The minimum absolute atomic E-state index is 0.658. The van der Waals surface area contributed by atoms with E-state index in [1.165, 1.54) is 12.1 Å². The van der Waals surface area contributed by atoms with Gasteiger partial charge in [0.05, 0.1) is 6.61 Å². The molecular formula is C11H15NO. The second kappa shape index (κ2) is 3.90. The van der Waals surface area contributed by atoms with Crippen LogP contribution in [-0.2, 0) is 11.3 Å². The summed E-state index contributed by atoms with van der Waals surface area (Å²) in [6, 6.07) is 11.2. The van der Waals surface area contributed by atoms with Crippen LogP contribution in [0.2, 0.25) is 0 Å². The molecule has 0 amide bonds. The third kappa shape index (κ3) is 2.29. The van der Waals surface area contributed by atoms with E-state index < -0.39 is 0 Å². The fraction of sp³-hybridized carbons (Fsp3) is 0.455. The van der Waals surface area contributed by atoms with Crippen molar-refractivity contribution in [1.82, 2.24) is 4.90 Å². The molecule has 0 aromatic heterocycles. The Hall–Kier alpha value is -0.860. The molecule has 1 unspecified atom stereocenters. The normalized spacial score (nSPS) is 25.9. The van der Waals surface area contributed by atoms with Crippen LogP contribution in [0.25, 0.3) is 0 Å². The van der Waals surface area contributed by atoms with Crippen LogP contribution in [-0.4, -0.2) is 31.2 Å². The highest BCUT2D eigenvalue weighted by atomic mass is 16.5. The molecule has 0 radical (unpaired) electrons. The minimum atomic E-state index is 0.658. The molecule has 0 N–H and O–H groups in total. The molecule has 0 aliphatic carbocycles. The fourth-order valence-electron chi connectivity index (χ4n) is 1.59. The third-order valence-corrected chi connectivity index (χ3v) is 2.42. The summed E-state index contributed by atoms with van der Waals surface area (Å²) < 4.78 is 5.09. The van der Waals surface area contributed by atoms with Crippen molar-refractivity contribution in [3.05, 3.63) is 35.9 Å². The zero-order valence-corrected chi connectivity index (χ0v) is 7.94. The molecule has 1 heterocycles. The maximum absolute atomic E-state index is 5.09. The first-order valence-electron chi connectivity index (χ1n) is 4.67. The Labute approximate surface area is 79.1 Å². The molecule has 1 aromatic rings. The second-order valence-corrected chi connectivity index (χ2v) is 3.52. The van der Waals surface area contributed by atoms with E-state index in [0.29, 0.717) is 6.04 Å². The Morgan fingerprint density at radius 1 is 1.38 bits per heavy atom. The van der Waals surface area contributed by atoms with Crippen LogP contribution in [0.5, 0.6) is 0 Å². The van der Waals surface area contributed by atoms with Crippen molar-refractivity contribution >= 4 is 0 Å². The van der Waals surface area contributed by atoms with Crippen LogP contribution < -0.4 is 0 Å². The Morgan fingerprint density at radius 3 is 2.85 bits per heavy atom. The van der Waals surface area contributed by atoms with E-state index in [4.69, 9.17) is 4.74 Å². The minimum Gasteiger partial charge on any atom is -0.383 e. The molecular weight excluding hydrogens is 162 g/mol. The first-order chi connectivity index (χ1) is 6.40. The lowest BCUT2D eigenvalue weighted by Gasteiger charge is -2.02. The number of nitrogens with zero attached hydrogens (tertiary/aromatic N) is 1. The quantitative estimate of drug-likeness (QED) is 0.646. The highest BCUT2D eigenvalue weighted by Gasteiger charge is 2.33. The van der Waals surface area contributed by atoms with Crippen molar-refractivity contribution in [2.24, 2.45) is 0 Å². The SMILES string of the molecule is COC[C@H]1CN1Cc1ccccc1. The van der Waals surface area contributed by atoms with Gasteiger partial charge in [-0.2, -0.15) is 0 Å². The van der Waals surface area contributed by atoms with Gasteiger partial charge in [0.15, 0.2) is 0 Å². The van der Waals surface area contributed by atoms with Crippen molar-refractivity contribution in [3.8, 4) is 0 Å². The molecule has 1 aliphatic rings. The summed E-state index contributed by atoms with van der Waals surface area (Å²) in [5.74, 6) is 0. The number of hydrogen-bond donors (Lipinski definition) is 0. The van der Waals surface area contributed by atoms with Gasteiger partial charge in [0.25, 0.3) is 0 Å². The summed E-state index contributed by atoms with van der Waals surface area (Å²) >= 11 is 0. The summed E-state index contributed by atoms with van der Waals surface area (Å²) in [6.07, 6.45) is 0. The van der Waals surface area contributed by atoms with Crippen LogP contribution in [0.15, 0.2) is 30.3 Å². The molecule has 2 rings (SSSR count). The fourth-order valence-corrected chi connectivity index (χ4v) is 1.59. The zero-order valence-electron chi connectivity index (χ0n) is 7.94. The molecule has 2 heteroatoms. The van der Waals surface area contributed by atoms with Crippen LogP contribution in [0.1, 0.15) is 5.56 Å². The largest absolute Gasteiger partial charge is 0.383 e. The molecule has 0 bridgehead atoms. The number of rotatable bonds is 4. The van der Waals surface area contributed by atoms with E-state index in [2.05, 4.69) is 35.2 Å². The number of benzene rings is 1. The molecule has 2 nitrogen and oxygen atoms in total. The molecule has 1 saturated heterocycles. The predicted molar refractivity (Wildman–Crippen MR) is 52.5 cm³/mol. The maximum atomic E-state index is 5.09. The average Bonchev–Trinajstić information content (AvgIpc) is 2.86. The van der Waals surface area contributed by atoms with Crippen molar-refractivity contribution in [1.29, 1.82) is 0 Å². The third-order valence-electron chi connectivity index (χ3n) is 2.42. The standard InChI is InChI=1S/C11H15NO/c1-13-9-11-8-12(11)7-10-5-3-2-4-6-10/h2-6,11H,7-9H2,1H3/t11-,12?/m1/s1. The van der Waals surface area contributed by atoms with Crippen molar-refractivity contribution in [3.63, 3.8) is 0 Å². The zero-order chi connectivity index (χ0) is 9.10. The Balaban J connectivity index is 1.81. The number of methoxy groups -OCH3 is 1. The topological polar surface area (TPSA) is 12.2 Å². The first-order valence-corrected chi connectivity index (χ1v) is 4.67. The van der Waals surface area contributed by atoms with Gasteiger partial charge in [-0.25, -0.2) is 0 Å². The van der Waals surface area contributed by atoms with Crippen LogP contribution >= 0.6 is 0 Å². The lowest BCUT2D eigenvalue weighted by atomic mass is 10.2. The van der Waals surface area contributed by atoms with E-state index in [9.17, 15) is 0 Å². The van der Waals surface area contributed by atoms with E-state index in [1.54, 1.807) is 7.11 Å². The van der Waals surface area contributed by atoms with Gasteiger partial charge < -0.3 is 4.74 Å². The van der Waals surface area contributed by atoms with Gasteiger partial charge in [-0.15, -0.1) is 0 Å². The van der Waals surface area contributed by atoms with Gasteiger partial charge >= 0.3 is 0 Å². The van der Waals surface area contributed by atoms with Crippen LogP contribution in [0.4, 0.5) is 0 Å². The maximum Gasteiger partial charge on any atom is 0.0630 e. The summed E-state index contributed by atoms with van der Waals surface area (Å²) in [5, 5.41) is 0. The van der Waals surface area contributed by atoms with Gasteiger partial charge in [0.1, 0.15) is 0 Å². The van der Waals surface area contributed by atoms with Crippen molar-refractivity contribution < 1.29 is 4.74 Å². The molecule has 0 spiro atoms.